The van der Waals surface area contributed by atoms with Crippen molar-refractivity contribution in [2.45, 2.75) is 53.1 Å². The number of ketones is 1. The second kappa shape index (κ2) is 11.7. The van der Waals surface area contributed by atoms with Crippen LogP contribution in [0.5, 0.6) is 34.5 Å². The van der Waals surface area contributed by atoms with Crippen LogP contribution in [0, 0.1) is 11.8 Å². The highest BCUT2D eigenvalue weighted by molar-refractivity contribution is 6.03. The maximum absolute atomic E-state index is 14.1. The molecule has 0 saturated carbocycles. The highest BCUT2D eigenvalue weighted by atomic mass is 16.7. The molecule has 9 heteroatoms. The van der Waals surface area contributed by atoms with Crippen molar-refractivity contribution in [3.63, 3.8) is 0 Å². The molecule has 0 saturated heterocycles. The first-order chi connectivity index (χ1) is 19.2. The summed E-state index contributed by atoms with van der Waals surface area (Å²) in [6.45, 7) is 9.40. The molecule has 4 rings (SSSR count). The first-order valence-corrected chi connectivity index (χ1v) is 13.4. The monoisotopic (exact) mass is 554 g/mol. The summed E-state index contributed by atoms with van der Waals surface area (Å²) in [6, 6.07) is 3.66. The van der Waals surface area contributed by atoms with E-state index in [-0.39, 0.29) is 36.8 Å². The fourth-order valence-corrected chi connectivity index (χ4v) is 5.70. The van der Waals surface area contributed by atoms with Crippen molar-refractivity contribution in [3.8, 4) is 45.6 Å². The van der Waals surface area contributed by atoms with Crippen LogP contribution in [-0.2, 0) is 14.3 Å². The van der Waals surface area contributed by atoms with E-state index in [2.05, 4.69) is 0 Å². The van der Waals surface area contributed by atoms with Gasteiger partial charge in [-0.05, 0) is 43.0 Å². The zero-order chi connectivity index (χ0) is 29.3. The maximum atomic E-state index is 14.1. The van der Waals surface area contributed by atoms with E-state index < -0.39 is 12.0 Å². The molecule has 2 aliphatic rings. The number of hydrogen-bond donors (Lipinski definition) is 0. The molecule has 1 aliphatic heterocycles. The second-order valence-corrected chi connectivity index (χ2v) is 10.0. The summed E-state index contributed by atoms with van der Waals surface area (Å²) in [5.74, 6) is 0.787. The van der Waals surface area contributed by atoms with E-state index in [0.717, 1.165) is 0 Å². The molecule has 0 radical (unpaired) electrons. The van der Waals surface area contributed by atoms with Gasteiger partial charge in [0.15, 0.2) is 28.8 Å². The molecule has 4 unspecified atom stereocenters. The molecule has 4 atom stereocenters. The van der Waals surface area contributed by atoms with E-state index in [1.165, 1.54) is 21.3 Å². The van der Waals surface area contributed by atoms with Crippen molar-refractivity contribution in [1.29, 1.82) is 0 Å². The Hall–Kier alpha value is -3.88. The minimum absolute atomic E-state index is 0.0114. The van der Waals surface area contributed by atoms with Gasteiger partial charge in [-0.25, -0.2) is 0 Å². The van der Waals surface area contributed by atoms with Crippen LogP contribution < -0.4 is 28.4 Å². The van der Waals surface area contributed by atoms with Crippen molar-refractivity contribution in [2.24, 2.45) is 11.8 Å². The predicted octanol–water partition coefficient (Wildman–Crippen LogP) is 6.02. The maximum Gasteiger partial charge on any atom is 0.306 e. The Morgan fingerprint density at radius 1 is 0.900 bits per heavy atom. The van der Waals surface area contributed by atoms with Gasteiger partial charge in [0.1, 0.15) is 6.10 Å². The number of rotatable bonds is 8. The number of ether oxygens (including phenoxy) is 7. The molecule has 0 amide bonds. The summed E-state index contributed by atoms with van der Waals surface area (Å²) in [5.41, 5.74) is 3.10. The van der Waals surface area contributed by atoms with Gasteiger partial charge in [-0.2, -0.15) is 0 Å². The standard InChI is InChI=1S/C31H38O9/c1-10-15(3)26(33)23-16(4)17(5)27(40-22(32)11-2)19-13-21-29(39-14-38-21)31(37-9)25(19)24-18(23)12-20(34-6)28(35-7)30(24)36-8/h10,12-13,16-17,23,27H,11,14H2,1-9H3. The summed E-state index contributed by atoms with van der Waals surface area (Å²) in [7, 11) is 6.13. The number of esters is 1. The summed E-state index contributed by atoms with van der Waals surface area (Å²) < 4.78 is 41.2. The number of Topliss-reactive ketones (excluding diaryl/α,β-unsaturated/α-hetero) is 1. The fourth-order valence-electron chi connectivity index (χ4n) is 5.70. The van der Waals surface area contributed by atoms with Crippen LogP contribution in [0.4, 0.5) is 0 Å². The van der Waals surface area contributed by atoms with Crippen LogP contribution in [0.1, 0.15) is 64.2 Å². The minimum atomic E-state index is -0.729. The van der Waals surface area contributed by atoms with E-state index in [9.17, 15) is 9.59 Å². The summed E-state index contributed by atoms with van der Waals surface area (Å²) in [5, 5.41) is 0. The van der Waals surface area contributed by atoms with E-state index in [1.54, 1.807) is 27.0 Å². The SMILES string of the molecule is CC=C(C)C(=O)C1c2cc(OC)c(OC)c(OC)c2-c2c(cc3c(c2OC)OCO3)C(OC(=O)CC)C(C)C1C. The third kappa shape index (κ3) is 4.61. The highest BCUT2D eigenvalue weighted by Crippen LogP contribution is 2.60. The Balaban J connectivity index is 2.26. The number of carbonyl (C=O) groups excluding carboxylic acids is 2. The minimum Gasteiger partial charge on any atom is -0.493 e. The molecule has 2 aromatic carbocycles. The smallest absolute Gasteiger partial charge is 0.306 e. The van der Waals surface area contributed by atoms with Crippen molar-refractivity contribution in [3.05, 3.63) is 34.9 Å². The zero-order valence-corrected chi connectivity index (χ0v) is 24.6. The average Bonchev–Trinajstić information content (AvgIpc) is 3.45. The van der Waals surface area contributed by atoms with Crippen molar-refractivity contribution >= 4 is 11.8 Å². The van der Waals surface area contributed by atoms with E-state index in [4.69, 9.17) is 33.2 Å². The summed E-state index contributed by atoms with van der Waals surface area (Å²) >= 11 is 0. The van der Waals surface area contributed by atoms with Crippen LogP contribution in [-0.4, -0.2) is 47.0 Å². The van der Waals surface area contributed by atoms with E-state index in [0.29, 0.717) is 62.3 Å². The normalized spacial score (nSPS) is 21.4. The van der Waals surface area contributed by atoms with Gasteiger partial charge in [0.05, 0.1) is 34.4 Å². The van der Waals surface area contributed by atoms with Crippen LogP contribution >= 0.6 is 0 Å². The first kappa shape index (κ1) is 29.1. The zero-order valence-electron chi connectivity index (χ0n) is 24.6. The fraction of sp³-hybridized carbons (Fsp3) is 0.484. The Morgan fingerprint density at radius 2 is 1.55 bits per heavy atom. The quantitative estimate of drug-likeness (QED) is 0.287. The van der Waals surface area contributed by atoms with Gasteiger partial charge in [0, 0.05) is 29.0 Å². The van der Waals surface area contributed by atoms with E-state index in [1.807, 2.05) is 32.9 Å². The summed E-state index contributed by atoms with van der Waals surface area (Å²) in [4.78, 5) is 26.9. The molecule has 2 aromatic rings. The van der Waals surface area contributed by atoms with Crippen molar-refractivity contribution < 1.29 is 42.7 Å². The second-order valence-electron chi connectivity index (χ2n) is 10.0. The molecule has 0 spiro atoms. The van der Waals surface area contributed by atoms with Gasteiger partial charge in [-0.1, -0.05) is 26.8 Å². The Kier molecular flexibility index (Phi) is 8.51. The number of fused-ring (bicyclic) bond motifs is 4. The lowest BCUT2D eigenvalue weighted by atomic mass is 9.68. The lowest BCUT2D eigenvalue weighted by molar-refractivity contribution is -0.153. The number of allylic oxidation sites excluding steroid dienone is 2. The van der Waals surface area contributed by atoms with Gasteiger partial charge in [0.25, 0.3) is 0 Å². The highest BCUT2D eigenvalue weighted by Gasteiger charge is 2.45. The molecule has 0 fully saturated rings. The Morgan fingerprint density at radius 3 is 2.12 bits per heavy atom. The topological polar surface area (TPSA) is 98.8 Å². The van der Waals surface area contributed by atoms with Crippen LogP contribution in [0.25, 0.3) is 11.1 Å². The van der Waals surface area contributed by atoms with Gasteiger partial charge in [-0.3, -0.25) is 9.59 Å². The van der Waals surface area contributed by atoms with Crippen LogP contribution in [0.15, 0.2) is 23.8 Å². The van der Waals surface area contributed by atoms with Gasteiger partial charge in [-0.15, -0.1) is 0 Å². The molecule has 0 bridgehead atoms. The molecular formula is C31H38O9. The molecule has 1 heterocycles. The number of benzene rings is 2. The van der Waals surface area contributed by atoms with Crippen molar-refractivity contribution in [2.75, 3.05) is 35.2 Å². The van der Waals surface area contributed by atoms with Crippen LogP contribution in [0.3, 0.4) is 0 Å². The Bertz CT molecular complexity index is 1340. The van der Waals surface area contributed by atoms with E-state index >= 15 is 0 Å². The first-order valence-electron chi connectivity index (χ1n) is 13.4. The van der Waals surface area contributed by atoms with Crippen molar-refractivity contribution in [1.82, 2.24) is 0 Å². The lowest BCUT2D eigenvalue weighted by Crippen LogP contribution is -2.33. The lowest BCUT2D eigenvalue weighted by Gasteiger charge is -2.39. The summed E-state index contributed by atoms with van der Waals surface area (Å²) in [6.07, 6.45) is 1.27. The number of methoxy groups -OCH3 is 4. The van der Waals surface area contributed by atoms with Gasteiger partial charge >= 0.3 is 5.97 Å². The molecule has 9 nitrogen and oxygen atoms in total. The number of hydrogen-bond acceptors (Lipinski definition) is 9. The molecule has 0 aromatic heterocycles. The Labute approximate surface area is 235 Å². The van der Waals surface area contributed by atoms with Gasteiger partial charge < -0.3 is 33.2 Å². The molecule has 1 aliphatic carbocycles. The molecule has 40 heavy (non-hydrogen) atoms. The third-order valence-electron chi connectivity index (χ3n) is 8.09. The van der Waals surface area contributed by atoms with Crippen LogP contribution in [0.2, 0.25) is 0 Å². The average molecular weight is 555 g/mol. The largest absolute Gasteiger partial charge is 0.493 e. The number of carbonyl (C=O) groups is 2. The molecule has 216 valence electrons. The third-order valence-corrected chi connectivity index (χ3v) is 8.09. The predicted molar refractivity (Wildman–Crippen MR) is 149 cm³/mol. The van der Waals surface area contributed by atoms with Gasteiger partial charge in [0.2, 0.25) is 18.3 Å². The molecule has 0 N–H and O–H groups in total. The molecular weight excluding hydrogens is 516 g/mol.